The lowest BCUT2D eigenvalue weighted by Gasteiger charge is -1.96. The molecular weight excluding hydrogens is 248 g/mol. The molecule has 1 aromatic carbocycles. The van der Waals surface area contributed by atoms with E-state index < -0.39 is 0 Å². The van der Waals surface area contributed by atoms with Gasteiger partial charge in [-0.1, -0.05) is 11.4 Å². The third kappa shape index (κ3) is 1.74. The minimum atomic E-state index is 0.816. The first kappa shape index (κ1) is 11.2. The summed E-state index contributed by atoms with van der Waals surface area (Å²) in [6.07, 6.45) is 0.853. The molecule has 0 aliphatic heterocycles. The van der Waals surface area contributed by atoms with Crippen LogP contribution in [0.25, 0.3) is 21.7 Å². The maximum Gasteiger partial charge on any atom is 0.152 e. The number of benzene rings is 1. The molecule has 6 heteroatoms. The number of aromatic amines is 1. The Labute approximate surface area is 108 Å². The molecule has 18 heavy (non-hydrogen) atoms. The Morgan fingerprint density at radius 3 is 3.06 bits per heavy atom. The number of fused-ring (bicyclic) bond motifs is 1. The van der Waals surface area contributed by atoms with Crippen molar-refractivity contribution >= 4 is 22.6 Å². The van der Waals surface area contributed by atoms with Gasteiger partial charge in [0.25, 0.3) is 0 Å². The summed E-state index contributed by atoms with van der Waals surface area (Å²) < 4.78 is 9.18. The third-order valence-electron chi connectivity index (χ3n) is 2.79. The molecule has 0 spiro atoms. The third-order valence-corrected chi connectivity index (χ3v) is 3.57. The highest BCUT2D eigenvalue weighted by Crippen LogP contribution is 2.27. The number of ether oxygens (including phenoxy) is 1. The predicted molar refractivity (Wildman–Crippen MR) is 70.9 cm³/mol. The molecule has 0 amide bonds. The Kier molecular flexibility index (Phi) is 2.71. The molecule has 2 heterocycles. The van der Waals surface area contributed by atoms with Crippen molar-refractivity contribution in [3.8, 4) is 16.5 Å². The number of rotatable bonds is 3. The van der Waals surface area contributed by atoms with Gasteiger partial charge in [-0.3, -0.25) is 0 Å². The zero-order valence-electron chi connectivity index (χ0n) is 10.1. The molecule has 3 aromatic rings. The van der Waals surface area contributed by atoms with Crippen molar-refractivity contribution in [3.05, 3.63) is 23.9 Å². The van der Waals surface area contributed by atoms with E-state index in [1.165, 1.54) is 11.5 Å². The molecule has 0 fully saturated rings. The fraction of sp³-hybridized carbons (Fsp3) is 0.250. The lowest BCUT2D eigenvalue weighted by atomic mass is 10.3. The van der Waals surface area contributed by atoms with Crippen LogP contribution in [0.2, 0.25) is 0 Å². The van der Waals surface area contributed by atoms with Gasteiger partial charge in [-0.2, -0.15) is 0 Å². The number of hydrogen-bond donors (Lipinski definition) is 1. The number of aryl methyl sites for hydroxylation is 1. The summed E-state index contributed by atoms with van der Waals surface area (Å²) in [5.41, 5.74) is 2.85. The topological polar surface area (TPSA) is 63.7 Å². The summed E-state index contributed by atoms with van der Waals surface area (Å²) in [7, 11) is 1.65. The summed E-state index contributed by atoms with van der Waals surface area (Å²) in [6.45, 7) is 2.06. The van der Waals surface area contributed by atoms with Crippen LogP contribution in [0.15, 0.2) is 18.2 Å². The molecule has 0 atom stereocenters. The van der Waals surface area contributed by atoms with E-state index in [1.54, 1.807) is 7.11 Å². The Morgan fingerprint density at radius 1 is 1.39 bits per heavy atom. The van der Waals surface area contributed by atoms with Crippen molar-refractivity contribution in [3.63, 3.8) is 0 Å². The molecule has 0 saturated carbocycles. The van der Waals surface area contributed by atoms with Crippen LogP contribution >= 0.6 is 11.5 Å². The first-order valence-corrected chi connectivity index (χ1v) is 6.44. The lowest BCUT2D eigenvalue weighted by molar-refractivity contribution is 0.415. The average molecular weight is 260 g/mol. The number of imidazole rings is 1. The van der Waals surface area contributed by atoms with Gasteiger partial charge in [-0.25, -0.2) is 4.98 Å². The summed E-state index contributed by atoms with van der Waals surface area (Å²) in [5.74, 6) is 1.64. The smallest absolute Gasteiger partial charge is 0.152 e. The van der Waals surface area contributed by atoms with Crippen molar-refractivity contribution in [2.75, 3.05) is 7.11 Å². The zero-order valence-corrected chi connectivity index (χ0v) is 10.9. The SMILES string of the molecule is CCc1nnsc1-c1nc2ccc(OC)cc2[nH]1. The standard InChI is InChI=1S/C12H12N4OS/c1-3-8-11(18-16-15-8)12-13-9-5-4-7(17-2)6-10(9)14-12/h4-6H,3H2,1-2H3,(H,13,14). The van der Waals surface area contributed by atoms with Gasteiger partial charge < -0.3 is 9.72 Å². The molecule has 2 aromatic heterocycles. The minimum absolute atomic E-state index is 0.816. The van der Waals surface area contributed by atoms with E-state index in [0.717, 1.165) is 39.6 Å². The second kappa shape index (κ2) is 4.38. The first-order chi connectivity index (χ1) is 8.81. The molecule has 1 N–H and O–H groups in total. The number of methoxy groups -OCH3 is 1. The van der Waals surface area contributed by atoms with Crippen LogP contribution in [-0.4, -0.2) is 26.7 Å². The van der Waals surface area contributed by atoms with Crippen molar-refractivity contribution in [2.45, 2.75) is 13.3 Å². The number of nitrogens with zero attached hydrogens (tertiary/aromatic N) is 3. The van der Waals surface area contributed by atoms with Crippen LogP contribution in [0.4, 0.5) is 0 Å². The van der Waals surface area contributed by atoms with E-state index in [0.29, 0.717) is 0 Å². The number of H-pyrrole nitrogens is 1. The largest absolute Gasteiger partial charge is 0.497 e. The van der Waals surface area contributed by atoms with Gasteiger partial charge in [0.2, 0.25) is 0 Å². The fourth-order valence-electron chi connectivity index (χ4n) is 1.84. The van der Waals surface area contributed by atoms with E-state index in [-0.39, 0.29) is 0 Å². The molecule has 0 unspecified atom stereocenters. The van der Waals surface area contributed by atoms with Gasteiger partial charge >= 0.3 is 0 Å². The van der Waals surface area contributed by atoms with Gasteiger partial charge in [0.1, 0.15) is 10.6 Å². The summed E-state index contributed by atoms with van der Waals surface area (Å²) >= 11 is 1.37. The molecule has 3 rings (SSSR count). The molecule has 5 nitrogen and oxygen atoms in total. The number of hydrogen-bond acceptors (Lipinski definition) is 5. The average Bonchev–Trinajstić information content (AvgIpc) is 3.03. The summed E-state index contributed by atoms with van der Waals surface area (Å²) in [5, 5.41) is 4.10. The van der Waals surface area contributed by atoms with Gasteiger partial charge in [0.15, 0.2) is 5.82 Å². The quantitative estimate of drug-likeness (QED) is 0.786. The van der Waals surface area contributed by atoms with E-state index in [1.807, 2.05) is 18.2 Å². The second-order valence-electron chi connectivity index (χ2n) is 3.87. The van der Waals surface area contributed by atoms with Crippen molar-refractivity contribution in [2.24, 2.45) is 0 Å². The van der Waals surface area contributed by atoms with Crippen LogP contribution < -0.4 is 4.74 Å². The maximum atomic E-state index is 5.20. The summed E-state index contributed by atoms with van der Waals surface area (Å²) in [6, 6.07) is 5.78. The highest BCUT2D eigenvalue weighted by molar-refractivity contribution is 7.09. The van der Waals surface area contributed by atoms with Crippen molar-refractivity contribution in [1.82, 2.24) is 19.6 Å². The van der Waals surface area contributed by atoms with Crippen LogP contribution in [0.1, 0.15) is 12.6 Å². The van der Waals surface area contributed by atoms with Crippen molar-refractivity contribution < 1.29 is 4.74 Å². The monoisotopic (exact) mass is 260 g/mol. The number of nitrogens with one attached hydrogen (secondary N) is 1. The van der Waals surface area contributed by atoms with Gasteiger partial charge in [-0.15, -0.1) is 5.10 Å². The molecule has 0 saturated heterocycles. The molecule has 0 aliphatic rings. The van der Waals surface area contributed by atoms with Gasteiger partial charge in [-0.05, 0) is 30.1 Å². The molecule has 0 bridgehead atoms. The molecule has 0 radical (unpaired) electrons. The molecule has 92 valence electrons. The summed E-state index contributed by atoms with van der Waals surface area (Å²) in [4.78, 5) is 8.85. The number of aromatic nitrogens is 4. The molecule has 0 aliphatic carbocycles. The van der Waals surface area contributed by atoms with E-state index in [9.17, 15) is 0 Å². The van der Waals surface area contributed by atoms with E-state index in [4.69, 9.17) is 4.74 Å². The Morgan fingerprint density at radius 2 is 2.28 bits per heavy atom. The highest BCUT2D eigenvalue weighted by atomic mass is 32.1. The molecular formula is C12H12N4OS. The Hall–Kier alpha value is -1.95. The highest BCUT2D eigenvalue weighted by Gasteiger charge is 2.13. The second-order valence-corrected chi connectivity index (χ2v) is 4.62. The van der Waals surface area contributed by atoms with Gasteiger partial charge in [0.05, 0.1) is 23.8 Å². The van der Waals surface area contributed by atoms with E-state index in [2.05, 4.69) is 26.5 Å². The normalized spacial score (nSPS) is 11.0. The Bertz CT molecular complexity index is 688. The first-order valence-electron chi connectivity index (χ1n) is 5.67. The van der Waals surface area contributed by atoms with Crippen molar-refractivity contribution in [1.29, 1.82) is 0 Å². The zero-order chi connectivity index (χ0) is 12.5. The van der Waals surface area contributed by atoms with Crippen LogP contribution in [0.5, 0.6) is 5.75 Å². The van der Waals surface area contributed by atoms with Gasteiger partial charge in [0, 0.05) is 6.07 Å². The van der Waals surface area contributed by atoms with E-state index >= 15 is 0 Å². The lowest BCUT2D eigenvalue weighted by Crippen LogP contribution is -1.85. The van der Waals surface area contributed by atoms with Crippen LogP contribution in [0, 0.1) is 0 Å². The fourth-order valence-corrected chi connectivity index (χ4v) is 2.54. The Balaban J connectivity index is 2.13. The van der Waals surface area contributed by atoms with Crippen LogP contribution in [-0.2, 0) is 6.42 Å². The predicted octanol–water partition coefficient (Wildman–Crippen LogP) is 2.65. The maximum absolute atomic E-state index is 5.20. The van der Waals surface area contributed by atoms with Crippen LogP contribution in [0.3, 0.4) is 0 Å². The minimum Gasteiger partial charge on any atom is -0.497 e.